The second kappa shape index (κ2) is 8.13. The van der Waals surface area contributed by atoms with E-state index in [0.29, 0.717) is 12.1 Å². The van der Waals surface area contributed by atoms with Crippen LogP contribution in [-0.4, -0.2) is 32.8 Å². The van der Waals surface area contributed by atoms with Crippen molar-refractivity contribution in [2.24, 2.45) is 10.1 Å². The minimum Gasteiger partial charge on any atom is -0.507 e. The minimum atomic E-state index is -3.68. The van der Waals surface area contributed by atoms with Gasteiger partial charge in [-0.3, -0.25) is 4.99 Å². The number of primary sulfonamides is 1. The Labute approximate surface area is 148 Å². The largest absolute Gasteiger partial charge is 0.507 e. The Kier molecular flexibility index (Phi) is 6.17. The smallest absolute Gasteiger partial charge is 0.238 e. The fourth-order valence-corrected chi connectivity index (χ4v) is 2.98. The Hall–Kier alpha value is -2.38. The van der Waals surface area contributed by atoms with Crippen LogP contribution in [0.3, 0.4) is 0 Å². The highest BCUT2D eigenvalue weighted by atomic mass is 32.2. The van der Waals surface area contributed by atoms with Crippen LogP contribution in [0.5, 0.6) is 5.75 Å². The van der Waals surface area contributed by atoms with Crippen molar-refractivity contribution in [1.29, 1.82) is 0 Å². The molecule has 134 valence electrons. The van der Waals surface area contributed by atoms with Crippen molar-refractivity contribution in [1.82, 2.24) is 0 Å². The van der Waals surface area contributed by atoms with Crippen LogP contribution in [0.2, 0.25) is 0 Å². The Morgan fingerprint density at radius 2 is 1.76 bits per heavy atom. The molecule has 6 nitrogen and oxygen atoms in total. The lowest BCUT2D eigenvalue weighted by molar-refractivity contribution is 0.474. The molecule has 0 radical (unpaired) electrons. The summed E-state index contributed by atoms with van der Waals surface area (Å²) < 4.78 is 22.4. The molecule has 7 heteroatoms. The minimum absolute atomic E-state index is 0.0739. The van der Waals surface area contributed by atoms with Gasteiger partial charge in [-0.25, -0.2) is 13.6 Å². The van der Waals surface area contributed by atoms with E-state index < -0.39 is 10.0 Å². The molecule has 0 atom stereocenters. The number of benzene rings is 2. The van der Waals surface area contributed by atoms with E-state index in [2.05, 4.69) is 23.7 Å². The number of nitrogens with two attached hydrogens (primary N) is 1. The summed E-state index contributed by atoms with van der Waals surface area (Å²) >= 11 is 0. The molecule has 0 fully saturated rings. The number of nitrogens with zero attached hydrogens (tertiary/aromatic N) is 2. The van der Waals surface area contributed by atoms with Crippen molar-refractivity contribution in [3.63, 3.8) is 0 Å². The van der Waals surface area contributed by atoms with Gasteiger partial charge in [0.2, 0.25) is 10.0 Å². The number of anilines is 1. The van der Waals surface area contributed by atoms with Crippen molar-refractivity contribution in [2.75, 3.05) is 18.0 Å². The van der Waals surface area contributed by atoms with Crippen molar-refractivity contribution in [3.05, 3.63) is 53.6 Å². The lowest BCUT2D eigenvalue weighted by Crippen LogP contribution is -2.21. The van der Waals surface area contributed by atoms with Gasteiger partial charge in [-0.05, 0) is 43.7 Å². The molecule has 0 heterocycles. The highest BCUT2D eigenvalue weighted by molar-refractivity contribution is 7.89. The molecule has 0 aliphatic rings. The van der Waals surface area contributed by atoms with Crippen molar-refractivity contribution in [2.45, 2.75) is 25.3 Å². The third-order valence-corrected chi connectivity index (χ3v) is 4.83. The van der Waals surface area contributed by atoms with Crippen LogP contribution >= 0.6 is 0 Å². The maximum absolute atomic E-state index is 11.2. The summed E-state index contributed by atoms with van der Waals surface area (Å²) in [5, 5.41) is 15.2. The third kappa shape index (κ3) is 5.04. The number of hydrogen-bond acceptors (Lipinski definition) is 5. The molecule has 2 rings (SSSR count). The lowest BCUT2D eigenvalue weighted by atomic mass is 10.1. The lowest BCUT2D eigenvalue weighted by Gasteiger charge is -2.21. The fourth-order valence-electron chi connectivity index (χ4n) is 2.46. The van der Waals surface area contributed by atoms with Crippen LogP contribution in [0.15, 0.2) is 52.4 Å². The first-order valence-electron chi connectivity index (χ1n) is 8.04. The van der Waals surface area contributed by atoms with Gasteiger partial charge in [0, 0.05) is 36.6 Å². The van der Waals surface area contributed by atoms with E-state index in [1.54, 1.807) is 24.4 Å². The van der Waals surface area contributed by atoms with Gasteiger partial charge in [-0.15, -0.1) is 0 Å². The van der Waals surface area contributed by atoms with Gasteiger partial charge in [0.15, 0.2) is 0 Å². The standard InChI is InChI=1S/C18H23N3O3S/c1-3-21(4-2)16-8-7-15(18(22)11-16)13-20-12-14-5-9-17(10-6-14)25(19,23)24/h5-11,13,22H,3-4,12H2,1-2H3,(H2,19,23,24). The molecule has 0 amide bonds. The van der Waals surface area contributed by atoms with Gasteiger partial charge in [-0.2, -0.15) is 0 Å². The molecule has 0 aliphatic heterocycles. The van der Waals surface area contributed by atoms with Gasteiger partial charge < -0.3 is 10.0 Å². The number of aromatic hydroxyl groups is 1. The van der Waals surface area contributed by atoms with Crippen LogP contribution in [0.25, 0.3) is 0 Å². The van der Waals surface area contributed by atoms with E-state index in [4.69, 9.17) is 5.14 Å². The molecule has 0 bridgehead atoms. The zero-order valence-corrected chi connectivity index (χ0v) is 15.2. The number of phenols is 1. The first kappa shape index (κ1) is 19.0. The molecule has 2 aromatic rings. The Morgan fingerprint density at radius 3 is 2.28 bits per heavy atom. The van der Waals surface area contributed by atoms with E-state index in [1.165, 1.54) is 12.1 Å². The predicted octanol–water partition coefficient (Wildman–Crippen LogP) is 2.50. The summed E-state index contributed by atoms with van der Waals surface area (Å²) in [6.07, 6.45) is 1.61. The number of phenolic OH excluding ortho intramolecular Hbond substituents is 1. The van der Waals surface area contributed by atoms with E-state index in [9.17, 15) is 13.5 Å². The van der Waals surface area contributed by atoms with Crippen LogP contribution in [0.4, 0.5) is 5.69 Å². The number of rotatable bonds is 7. The molecular weight excluding hydrogens is 338 g/mol. The summed E-state index contributed by atoms with van der Waals surface area (Å²) in [4.78, 5) is 6.52. The Bertz CT molecular complexity index is 842. The number of sulfonamides is 1. The van der Waals surface area contributed by atoms with Gasteiger partial charge >= 0.3 is 0 Å². The summed E-state index contributed by atoms with van der Waals surface area (Å²) in [5.41, 5.74) is 2.46. The van der Waals surface area contributed by atoms with E-state index in [-0.39, 0.29) is 10.6 Å². The molecule has 0 saturated heterocycles. The highest BCUT2D eigenvalue weighted by Crippen LogP contribution is 2.23. The van der Waals surface area contributed by atoms with Crippen molar-refractivity contribution in [3.8, 4) is 5.75 Å². The fraction of sp³-hybridized carbons (Fsp3) is 0.278. The maximum atomic E-state index is 11.2. The zero-order valence-electron chi connectivity index (χ0n) is 14.4. The van der Waals surface area contributed by atoms with Crippen LogP contribution in [0.1, 0.15) is 25.0 Å². The SMILES string of the molecule is CCN(CC)c1ccc(C=NCc2ccc(S(N)(=O)=O)cc2)c(O)c1. The van der Waals surface area contributed by atoms with Crippen LogP contribution < -0.4 is 10.0 Å². The predicted molar refractivity (Wildman–Crippen MR) is 101 cm³/mol. The van der Waals surface area contributed by atoms with Gasteiger partial charge in [0.1, 0.15) is 5.75 Å². The molecule has 0 unspecified atom stereocenters. The summed E-state index contributed by atoms with van der Waals surface area (Å²) in [6, 6.07) is 11.8. The second-order valence-electron chi connectivity index (χ2n) is 5.57. The normalized spacial score (nSPS) is 11.8. The van der Waals surface area contributed by atoms with Crippen LogP contribution in [-0.2, 0) is 16.6 Å². The van der Waals surface area contributed by atoms with Crippen molar-refractivity contribution < 1.29 is 13.5 Å². The molecule has 0 saturated carbocycles. The first-order valence-corrected chi connectivity index (χ1v) is 9.59. The molecule has 0 aliphatic carbocycles. The quantitative estimate of drug-likeness (QED) is 0.741. The number of hydrogen-bond donors (Lipinski definition) is 2. The zero-order chi connectivity index (χ0) is 18.4. The number of aliphatic imine (C=N–C) groups is 1. The molecule has 0 aromatic heterocycles. The topological polar surface area (TPSA) is 96.0 Å². The Morgan fingerprint density at radius 1 is 1.12 bits per heavy atom. The summed E-state index contributed by atoms with van der Waals surface area (Å²) in [6.45, 7) is 6.26. The molecule has 0 spiro atoms. The van der Waals surface area contributed by atoms with E-state index in [1.807, 2.05) is 12.1 Å². The average molecular weight is 361 g/mol. The highest BCUT2D eigenvalue weighted by Gasteiger charge is 2.07. The summed E-state index contributed by atoms with van der Waals surface area (Å²) in [5.74, 6) is 0.178. The van der Waals surface area contributed by atoms with Crippen LogP contribution in [0, 0.1) is 0 Å². The second-order valence-corrected chi connectivity index (χ2v) is 7.14. The molecule has 2 aromatic carbocycles. The monoisotopic (exact) mass is 361 g/mol. The molecule has 3 N–H and O–H groups in total. The van der Waals surface area contributed by atoms with Gasteiger partial charge in [-0.1, -0.05) is 12.1 Å². The van der Waals surface area contributed by atoms with E-state index >= 15 is 0 Å². The molecular formula is C18H23N3O3S. The third-order valence-electron chi connectivity index (χ3n) is 3.90. The first-order chi connectivity index (χ1) is 11.8. The summed E-state index contributed by atoms with van der Waals surface area (Å²) in [7, 11) is -3.68. The Balaban J connectivity index is 2.07. The van der Waals surface area contributed by atoms with Gasteiger partial charge in [0.25, 0.3) is 0 Å². The van der Waals surface area contributed by atoms with E-state index in [0.717, 1.165) is 24.3 Å². The maximum Gasteiger partial charge on any atom is 0.238 e. The van der Waals surface area contributed by atoms with Gasteiger partial charge in [0.05, 0.1) is 11.4 Å². The average Bonchev–Trinajstić information content (AvgIpc) is 2.57. The van der Waals surface area contributed by atoms with Crippen molar-refractivity contribution >= 4 is 21.9 Å². The molecule has 25 heavy (non-hydrogen) atoms.